The van der Waals surface area contributed by atoms with Gasteiger partial charge in [0.2, 0.25) is 0 Å². The molecule has 37 heavy (non-hydrogen) atoms. The number of fused-ring (bicyclic) bond motifs is 7. The van der Waals surface area contributed by atoms with Gasteiger partial charge in [0, 0.05) is 26.1 Å². The van der Waals surface area contributed by atoms with E-state index < -0.39 is 0 Å². The fraction of sp³-hybridized carbons (Fsp3) is 0.167. The van der Waals surface area contributed by atoms with Gasteiger partial charge in [-0.15, -0.1) is 11.3 Å². The van der Waals surface area contributed by atoms with Crippen LogP contribution in [0.1, 0.15) is 58.6 Å². The first-order valence-corrected chi connectivity index (χ1v) is 14.4. The van der Waals surface area contributed by atoms with Crippen LogP contribution in [0.3, 0.4) is 0 Å². The maximum Gasteiger partial charge on any atom is 0.0358 e. The molecular weight excluding hydrogens is 464 g/mol. The minimum absolute atomic E-state index is 0.384. The zero-order valence-electron chi connectivity index (χ0n) is 20.8. The van der Waals surface area contributed by atoms with E-state index in [4.69, 9.17) is 0 Å². The molecule has 0 radical (unpaired) electrons. The summed E-state index contributed by atoms with van der Waals surface area (Å²) in [5.41, 5.74) is 11.6. The predicted octanol–water partition coefficient (Wildman–Crippen LogP) is 9.93. The van der Waals surface area contributed by atoms with Gasteiger partial charge in [0.25, 0.3) is 0 Å². The van der Waals surface area contributed by atoms with E-state index in [0.29, 0.717) is 11.8 Å². The SMILES string of the molecule is C1=Cc2ccc3sc4cc(C5c6ccccc6C(c6ccccc6)=C6C=CCCC65)ccc4c3c2CC1. The third-order valence-electron chi connectivity index (χ3n) is 8.68. The van der Waals surface area contributed by atoms with Crippen LogP contribution in [0.15, 0.2) is 109 Å². The second kappa shape index (κ2) is 8.43. The van der Waals surface area contributed by atoms with Gasteiger partial charge < -0.3 is 0 Å². The van der Waals surface area contributed by atoms with Crippen LogP contribution in [-0.4, -0.2) is 0 Å². The summed E-state index contributed by atoms with van der Waals surface area (Å²) in [6.07, 6.45) is 14.1. The van der Waals surface area contributed by atoms with Crippen molar-refractivity contribution >= 4 is 43.2 Å². The van der Waals surface area contributed by atoms with Crippen molar-refractivity contribution in [3.05, 3.63) is 142 Å². The van der Waals surface area contributed by atoms with Crippen molar-refractivity contribution in [3.8, 4) is 0 Å². The molecular formula is C36H28S. The second-order valence-corrected chi connectivity index (χ2v) is 11.7. The lowest BCUT2D eigenvalue weighted by Crippen LogP contribution is -2.24. The van der Waals surface area contributed by atoms with E-state index in [2.05, 4.69) is 109 Å². The summed E-state index contributed by atoms with van der Waals surface area (Å²) >= 11 is 1.97. The summed E-state index contributed by atoms with van der Waals surface area (Å²) in [6.45, 7) is 0. The highest BCUT2D eigenvalue weighted by atomic mass is 32.1. The molecule has 2 unspecified atom stereocenters. The van der Waals surface area contributed by atoms with E-state index in [1.807, 2.05) is 11.3 Å². The standard InChI is InChI=1S/C36H28S/c1-2-11-24(12-3-1)34-27-14-6-8-16-29(27)35(30-17-9-7-15-28(30)34)25-18-20-31-33(22-25)37-32-21-19-23-10-4-5-13-26(23)36(31)32/h1-4,6-8,10-12,14-16,18-22,30,35H,5,9,13,17H2. The van der Waals surface area contributed by atoms with E-state index >= 15 is 0 Å². The van der Waals surface area contributed by atoms with Crippen molar-refractivity contribution in [1.82, 2.24) is 0 Å². The molecule has 0 amide bonds. The van der Waals surface area contributed by atoms with Gasteiger partial charge in [-0.3, -0.25) is 0 Å². The molecule has 8 rings (SSSR count). The van der Waals surface area contributed by atoms with Crippen molar-refractivity contribution in [3.63, 3.8) is 0 Å². The minimum Gasteiger partial charge on any atom is -0.135 e. The molecule has 2 atom stereocenters. The monoisotopic (exact) mass is 492 g/mol. The highest BCUT2D eigenvalue weighted by molar-refractivity contribution is 7.25. The van der Waals surface area contributed by atoms with Gasteiger partial charge in [0.1, 0.15) is 0 Å². The Morgan fingerprint density at radius 3 is 2.54 bits per heavy atom. The molecule has 4 aromatic carbocycles. The summed E-state index contributed by atoms with van der Waals surface area (Å²) in [5, 5.41) is 2.93. The Morgan fingerprint density at radius 2 is 1.59 bits per heavy atom. The van der Waals surface area contributed by atoms with Crippen molar-refractivity contribution in [2.75, 3.05) is 0 Å². The van der Waals surface area contributed by atoms with Crippen LogP contribution >= 0.6 is 11.3 Å². The summed E-state index contributed by atoms with van der Waals surface area (Å²) < 4.78 is 2.86. The molecule has 3 aliphatic carbocycles. The smallest absolute Gasteiger partial charge is 0.0358 e. The minimum atomic E-state index is 0.384. The molecule has 1 heterocycles. The van der Waals surface area contributed by atoms with Crippen LogP contribution in [0.2, 0.25) is 0 Å². The lowest BCUT2D eigenvalue weighted by molar-refractivity contribution is 0.496. The first-order chi connectivity index (χ1) is 18.4. The molecule has 0 aliphatic heterocycles. The Bertz CT molecular complexity index is 1780. The molecule has 0 N–H and O–H groups in total. The van der Waals surface area contributed by atoms with Gasteiger partial charge in [-0.05, 0) is 88.3 Å². The van der Waals surface area contributed by atoms with Crippen LogP contribution in [-0.2, 0) is 6.42 Å². The lowest BCUT2D eigenvalue weighted by atomic mass is 9.65. The molecule has 0 nitrogen and oxygen atoms in total. The summed E-state index contributed by atoms with van der Waals surface area (Å²) in [5.74, 6) is 0.884. The van der Waals surface area contributed by atoms with Crippen molar-refractivity contribution in [2.24, 2.45) is 5.92 Å². The van der Waals surface area contributed by atoms with Gasteiger partial charge >= 0.3 is 0 Å². The number of hydrogen-bond acceptors (Lipinski definition) is 1. The summed E-state index contributed by atoms with van der Waals surface area (Å²) in [4.78, 5) is 0. The van der Waals surface area contributed by atoms with Crippen LogP contribution in [0, 0.1) is 5.92 Å². The molecule has 178 valence electrons. The van der Waals surface area contributed by atoms with Gasteiger partial charge in [0.05, 0.1) is 0 Å². The van der Waals surface area contributed by atoms with Gasteiger partial charge in [-0.1, -0.05) is 97.1 Å². The molecule has 0 saturated carbocycles. The van der Waals surface area contributed by atoms with Gasteiger partial charge in [-0.2, -0.15) is 0 Å². The Kier molecular flexibility index (Phi) is 4.88. The normalized spacial score (nSPS) is 20.2. The molecule has 1 heteroatoms. The second-order valence-electron chi connectivity index (χ2n) is 10.7. The third-order valence-corrected chi connectivity index (χ3v) is 9.80. The first kappa shape index (κ1) is 21.4. The lowest BCUT2D eigenvalue weighted by Gasteiger charge is -2.38. The van der Waals surface area contributed by atoms with Crippen LogP contribution in [0.5, 0.6) is 0 Å². The Labute approximate surface area is 222 Å². The third kappa shape index (κ3) is 3.27. The topological polar surface area (TPSA) is 0 Å². The average molecular weight is 493 g/mol. The highest BCUT2D eigenvalue weighted by Gasteiger charge is 2.36. The molecule has 3 aliphatic rings. The summed E-state index contributed by atoms with van der Waals surface area (Å²) in [6, 6.07) is 32.2. The molecule has 0 fully saturated rings. The maximum absolute atomic E-state index is 2.52. The fourth-order valence-electron chi connectivity index (χ4n) is 7.12. The van der Waals surface area contributed by atoms with E-state index in [0.717, 1.165) is 19.3 Å². The molecule has 0 bridgehead atoms. The Balaban J connectivity index is 1.34. The van der Waals surface area contributed by atoms with E-state index in [1.54, 1.807) is 0 Å². The number of aryl methyl sites for hydroxylation is 1. The van der Waals surface area contributed by atoms with Gasteiger partial charge in [-0.25, -0.2) is 0 Å². The quantitative estimate of drug-likeness (QED) is 0.230. The largest absolute Gasteiger partial charge is 0.135 e. The number of hydrogen-bond donors (Lipinski definition) is 0. The molecule has 0 saturated heterocycles. The van der Waals surface area contributed by atoms with Crippen LogP contribution < -0.4 is 0 Å². The number of rotatable bonds is 2. The number of thiophene rings is 1. The zero-order valence-corrected chi connectivity index (χ0v) is 21.6. The van der Waals surface area contributed by atoms with Crippen LogP contribution in [0.4, 0.5) is 0 Å². The Morgan fingerprint density at radius 1 is 0.730 bits per heavy atom. The fourth-order valence-corrected chi connectivity index (χ4v) is 8.30. The predicted molar refractivity (Wildman–Crippen MR) is 159 cm³/mol. The molecule has 1 aromatic heterocycles. The first-order valence-electron chi connectivity index (χ1n) is 13.6. The maximum atomic E-state index is 2.52. The van der Waals surface area contributed by atoms with E-state index in [1.165, 1.54) is 71.1 Å². The van der Waals surface area contributed by atoms with E-state index in [-0.39, 0.29) is 0 Å². The van der Waals surface area contributed by atoms with Crippen molar-refractivity contribution in [1.29, 1.82) is 0 Å². The van der Waals surface area contributed by atoms with E-state index in [9.17, 15) is 0 Å². The molecule has 0 spiro atoms. The molecule has 5 aromatic rings. The highest BCUT2D eigenvalue weighted by Crippen LogP contribution is 2.52. The van der Waals surface area contributed by atoms with Crippen LogP contribution in [0.25, 0.3) is 31.8 Å². The average Bonchev–Trinajstić information content (AvgIpc) is 3.34. The number of allylic oxidation sites excluding steroid dienone is 4. The summed E-state index contributed by atoms with van der Waals surface area (Å²) in [7, 11) is 0. The van der Waals surface area contributed by atoms with Gasteiger partial charge in [0.15, 0.2) is 0 Å². The number of benzene rings is 4. The van der Waals surface area contributed by atoms with Crippen molar-refractivity contribution < 1.29 is 0 Å². The Hall–Kier alpha value is -3.68. The zero-order chi connectivity index (χ0) is 24.3. The van der Waals surface area contributed by atoms with Crippen molar-refractivity contribution in [2.45, 2.75) is 31.6 Å².